The van der Waals surface area contributed by atoms with E-state index in [1.165, 1.54) is 0 Å². The fourth-order valence-corrected chi connectivity index (χ4v) is 1.03. The van der Waals surface area contributed by atoms with Crippen molar-refractivity contribution in [1.29, 1.82) is 0 Å². The first kappa shape index (κ1) is 9.45. The summed E-state index contributed by atoms with van der Waals surface area (Å²) in [6, 6.07) is 9.30. The normalized spacial score (nSPS) is 11.3. The van der Waals surface area contributed by atoms with E-state index in [0.717, 1.165) is 5.56 Å². The summed E-state index contributed by atoms with van der Waals surface area (Å²) in [5.74, 6) is 0. The van der Waals surface area contributed by atoms with Crippen molar-refractivity contribution in [3.8, 4) is 0 Å². The SMILES string of the molecule is CC/C(=C/c1ccccc1)[N+](=O)[O-]. The average Bonchev–Trinajstić information content (AvgIpc) is 2.15. The highest BCUT2D eigenvalue weighted by atomic mass is 16.6. The molecule has 1 aromatic rings. The molecule has 0 saturated carbocycles. The minimum Gasteiger partial charge on any atom is -0.259 e. The van der Waals surface area contributed by atoms with Crippen molar-refractivity contribution in [2.75, 3.05) is 0 Å². The third kappa shape index (κ3) is 2.71. The number of nitrogens with zero attached hydrogens (tertiary/aromatic N) is 1. The zero-order valence-corrected chi connectivity index (χ0v) is 7.43. The van der Waals surface area contributed by atoms with Crippen molar-refractivity contribution in [1.82, 2.24) is 0 Å². The summed E-state index contributed by atoms with van der Waals surface area (Å²) in [4.78, 5) is 10.1. The standard InChI is InChI=1S/C10H11NO2/c1-2-10(11(12)13)8-9-6-4-3-5-7-9/h3-8H,2H2,1H3/b10-8-. The molecule has 0 spiro atoms. The van der Waals surface area contributed by atoms with Crippen molar-refractivity contribution in [2.45, 2.75) is 13.3 Å². The molecule has 0 aliphatic heterocycles. The van der Waals surface area contributed by atoms with Gasteiger partial charge in [0.25, 0.3) is 0 Å². The molecule has 0 N–H and O–H groups in total. The summed E-state index contributed by atoms with van der Waals surface area (Å²) in [5, 5.41) is 10.5. The Morgan fingerprint density at radius 1 is 1.46 bits per heavy atom. The second kappa shape index (κ2) is 4.40. The van der Waals surface area contributed by atoms with Gasteiger partial charge in [-0.3, -0.25) is 10.1 Å². The zero-order valence-electron chi connectivity index (χ0n) is 7.43. The summed E-state index contributed by atoms with van der Waals surface area (Å²) in [7, 11) is 0. The topological polar surface area (TPSA) is 43.1 Å². The molecule has 1 rings (SSSR count). The van der Waals surface area contributed by atoms with Crippen LogP contribution in [0.15, 0.2) is 36.0 Å². The Balaban J connectivity index is 2.92. The molecule has 13 heavy (non-hydrogen) atoms. The maximum atomic E-state index is 10.5. The molecule has 68 valence electrons. The Morgan fingerprint density at radius 2 is 2.08 bits per heavy atom. The Kier molecular flexibility index (Phi) is 3.20. The van der Waals surface area contributed by atoms with Gasteiger partial charge in [-0.1, -0.05) is 37.3 Å². The van der Waals surface area contributed by atoms with Gasteiger partial charge in [0.2, 0.25) is 5.70 Å². The van der Waals surface area contributed by atoms with E-state index in [1.807, 2.05) is 30.3 Å². The van der Waals surface area contributed by atoms with E-state index in [0.29, 0.717) is 6.42 Å². The monoisotopic (exact) mass is 177 g/mol. The van der Waals surface area contributed by atoms with Gasteiger partial charge in [0.05, 0.1) is 4.92 Å². The van der Waals surface area contributed by atoms with Gasteiger partial charge < -0.3 is 0 Å². The molecule has 0 aliphatic carbocycles. The highest BCUT2D eigenvalue weighted by molar-refractivity contribution is 5.50. The van der Waals surface area contributed by atoms with Crippen molar-refractivity contribution in [3.05, 3.63) is 51.7 Å². The van der Waals surface area contributed by atoms with Crippen LogP contribution >= 0.6 is 0 Å². The maximum absolute atomic E-state index is 10.5. The molecule has 0 saturated heterocycles. The fourth-order valence-electron chi connectivity index (χ4n) is 1.03. The van der Waals surface area contributed by atoms with E-state index in [1.54, 1.807) is 13.0 Å². The zero-order chi connectivity index (χ0) is 9.68. The molecule has 0 radical (unpaired) electrons. The van der Waals surface area contributed by atoms with E-state index in [4.69, 9.17) is 0 Å². The van der Waals surface area contributed by atoms with E-state index < -0.39 is 0 Å². The van der Waals surface area contributed by atoms with Crippen LogP contribution in [0.5, 0.6) is 0 Å². The summed E-state index contributed by atoms with van der Waals surface area (Å²) >= 11 is 0. The lowest BCUT2D eigenvalue weighted by atomic mass is 10.2. The van der Waals surface area contributed by atoms with Gasteiger partial charge in [0.15, 0.2) is 0 Å². The molecule has 3 nitrogen and oxygen atoms in total. The van der Waals surface area contributed by atoms with Crippen molar-refractivity contribution in [2.24, 2.45) is 0 Å². The lowest BCUT2D eigenvalue weighted by molar-refractivity contribution is -0.425. The van der Waals surface area contributed by atoms with E-state index in [9.17, 15) is 10.1 Å². The minimum atomic E-state index is -0.340. The number of benzene rings is 1. The lowest BCUT2D eigenvalue weighted by Crippen LogP contribution is -1.96. The Labute approximate surface area is 76.9 Å². The molecule has 0 bridgehead atoms. The number of allylic oxidation sites excluding steroid dienone is 1. The minimum absolute atomic E-state index is 0.242. The van der Waals surface area contributed by atoms with Gasteiger partial charge in [-0.15, -0.1) is 0 Å². The van der Waals surface area contributed by atoms with Crippen molar-refractivity contribution < 1.29 is 4.92 Å². The van der Waals surface area contributed by atoms with Crippen LogP contribution in [0.4, 0.5) is 0 Å². The lowest BCUT2D eigenvalue weighted by Gasteiger charge is -1.94. The summed E-state index contributed by atoms with van der Waals surface area (Å²) in [6.07, 6.45) is 2.04. The molecular weight excluding hydrogens is 166 g/mol. The smallest absolute Gasteiger partial charge is 0.246 e. The van der Waals surface area contributed by atoms with Gasteiger partial charge in [-0.25, -0.2) is 0 Å². The molecule has 0 atom stereocenters. The summed E-state index contributed by atoms with van der Waals surface area (Å²) < 4.78 is 0. The van der Waals surface area contributed by atoms with Crippen LogP contribution in [0.1, 0.15) is 18.9 Å². The Bertz CT molecular complexity index is 317. The Hall–Kier alpha value is -1.64. The highest BCUT2D eigenvalue weighted by Gasteiger charge is 2.05. The van der Waals surface area contributed by atoms with Crippen LogP contribution < -0.4 is 0 Å². The van der Waals surface area contributed by atoms with Gasteiger partial charge in [-0.05, 0) is 5.56 Å². The summed E-state index contributed by atoms with van der Waals surface area (Å²) in [6.45, 7) is 1.78. The number of nitro groups is 1. The molecule has 3 heteroatoms. The molecule has 1 aromatic carbocycles. The number of hydrogen-bond acceptors (Lipinski definition) is 2. The molecular formula is C10H11NO2. The van der Waals surface area contributed by atoms with Crippen LogP contribution in [0.2, 0.25) is 0 Å². The van der Waals surface area contributed by atoms with E-state index >= 15 is 0 Å². The average molecular weight is 177 g/mol. The molecule has 0 aliphatic rings. The second-order valence-corrected chi connectivity index (χ2v) is 2.66. The largest absolute Gasteiger partial charge is 0.259 e. The quantitative estimate of drug-likeness (QED) is 0.526. The first-order chi connectivity index (χ1) is 6.24. The van der Waals surface area contributed by atoms with E-state index in [2.05, 4.69) is 0 Å². The Morgan fingerprint density at radius 3 is 2.54 bits per heavy atom. The van der Waals surface area contributed by atoms with E-state index in [-0.39, 0.29) is 10.6 Å². The molecule has 0 heterocycles. The fraction of sp³-hybridized carbons (Fsp3) is 0.200. The maximum Gasteiger partial charge on any atom is 0.246 e. The predicted molar refractivity (Wildman–Crippen MR) is 51.7 cm³/mol. The van der Waals surface area contributed by atoms with Gasteiger partial charge >= 0.3 is 0 Å². The van der Waals surface area contributed by atoms with Crippen LogP contribution in [0, 0.1) is 10.1 Å². The second-order valence-electron chi connectivity index (χ2n) is 2.66. The molecule has 0 unspecified atom stereocenters. The van der Waals surface area contributed by atoms with Gasteiger partial charge in [0, 0.05) is 12.5 Å². The van der Waals surface area contributed by atoms with Gasteiger partial charge in [0.1, 0.15) is 0 Å². The van der Waals surface area contributed by atoms with Crippen LogP contribution in [0.3, 0.4) is 0 Å². The van der Waals surface area contributed by atoms with Crippen molar-refractivity contribution in [3.63, 3.8) is 0 Å². The third-order valence-corrected chi connectivity index (χ3v) is 1.73. The molecule has 0 aromatic heterocycles. The van der Waals surface area contributed by atoms with Crippen LogP contribution in [0.25, 0.3) is 6.08 Å². The number of hydrogen-bond donors (Lipinski definition) is 0. The van der Waals surface area contributed by atoms with Gasteiger partial charge in [-0.2, -0.15) is 0 Å². The predicted octanol–water partition coefficient (Wildman–Crippen LogP) is 2.71. The first-order valence-corrected chi connectivity index (χ1v) is 4.14. The summed E-state index contributed by atoms with van der Waals surface area (Å²) in [5.41, 5.74) is 1.11. The number of rotatable bonds is 3. The molecule has 0 fully saturated rings. The van der Waals surface area contributed by atoms with Crippen LogP contribution in [-0.2, 0) is 0 Å². The first-order valence-electron chi connectivity index (χ1n) is 4.14. The van der Waals surface area contributed by atoms with Crippen molar-refractivity contribution >= 4 is 6.08 Å². The molecule has 0 amide bonds. The highest BCUT2D eigenvalue weighted by Crippen LogP contribution is 2.09. The third-order valence-electron chi connectivity index (χ3n) is 1.73. The van der Waals surface area contributed by atoms with Crippen LogP contribution in [-0.4, -0.2) is 4.92 Å².